The number of carbonyl (C=O) groups excluding carboxylic acids is 1. The van der Waals surface area contributed by atoms with Crippen molar-refractivity contribution < 1.29 is 9.53 Å². The van der Waals surface area contributed by atoms with E-state index in [4.69, 9.17) is 4.74 Å². The molecule has 0 radical (unpaired) electrons. The van der Waals surface area contributed by atoms with Gasteiger partial charge in [-0.05, 0) is 72.9 Å². The first-order chi connectivity index (χ1) is 14.6. The van der Waals surface area contributed by atoms with Crippen molar-refractivity contribution in [1.82, 2.24) is 10.3 Å². The molecular weight excluding hydrogens is 374 g/mol. The second-order valence-corrected chi connectivity index (χ2v) is 7.94. The summed E-state index contributed by atoms with van der Waals surface area (Å²) in [7, 11) is 1.68. The fraction of sp³-hybridized carbons (Fsp3) is 0.280. The molecule has 5 heteroatoms. The quantitative estimate of drug-likeness (QED) is 0.588. The minimum atomic E-state index is -0.184. The lowest BCUT2D eigenvalue weighted by molar-refractivity contribution is 0.221. The number of urea groups is 1. The summed E-state index contributed by atoms with van der Waals surface area (Å²) >= 11 is 0. The van der Waals surface area contributed by atoms with Crippen molar-refractivity contribution in [3.8, 4) is 16.9 Å². The van der Waals surface area contributed by atoms with Gasteiger partial charge in [0, 0.05) is 29.5 Å². The highest BCUT2D eigenvalue weighted by atomic mass is 16.5. The summed E-state index contributed by atoms with van der Waals surface area (Å²) in [6.07, 6.45) is 5.13. The third-order valence-corrected chi connectivity index (χ3v) is 5.95. The Morgan fingerprint density at radius 1 is 1.07 bits per heavy atom. The maximum atomic E-state index is 12.5. The van der Waals surface area contributed by atoms with Crippen LogP contribution < -0.4 is 15.4 Å². The number of ether oxygens (including phenoxy) is 1. The molecule has 1 heterocycles. The number of rotatable bonds is 6. The molecule has 0 atom stereocenters. The van der Waals surface area contributed by atoms with Gasteiger partial charge >= 0.3 is 6.03 Å². The topological polar surface area (TPSA) is 63.2 Å². The van der Waals surface area contributed by atoms with E-state index in [0.29, 0.717) is 6.54 Å². The van der Waals surface area contributed by atoms with E-state index in [9.17, 15) is 4.79 Å². The Morgan fingerprint density at radius 3 is 2.53 bits per heavy atom. The van der Waals surface area contributed by atoms with Crippen LogP contribution in [0.3, 0.4) is 0 Å². The molecule has 4 rings (SSSR count). The number of hydrogen-bond acceptors (Lipinski definition) is 3. The van der Waals surface area contributed by atoms with Gasteiger partial charge in [0.05, 0.1) is 7.11 Å². The van der Waals surface area contributed by atoms with Gasteiger partial charge in [-0.2, -0.15) is 0 Å². The van der Waals surface area contributed by atoms with Crippen molar-refractivity contribution in [2.75, 3.05) is 19.0 Å². The molecule has 30 heavy (non-hydrogen) atoms. The Balaban J connectivity index is 1.37. The van der Waals surface area contributed by atoms with Gasteiger partial charge in [-0.25, -0.2) is 4.79 Å². The molecule has 0 spiro atoms. The van der Waals surface area contributed by atoms with Crippen LogP contribution in [0.5, 0.6) is 5.75 Å². The molecule has 1 fully saturated rings. The highest BCUT2D eigenvalue weighted by Crippen LogP contribution is 2.44. The molecule has 2 N–H and O–H groups in total. The number of anilines is 1. The Bertz CT molecular complexity index is 1030. The Labute approximate surface area is 177 Å². The van der Waals surface area contributed by atoms with Crippen molar-refractivity contribution in [3.05, 3.63) is 78.1 Å². The van der Waals surface area contributed by atoms with Crippen LogP contribution in [0.2, 0.25) is 0 Å². The van der Waals surface area contributed by atoms with Gasteiger partial charge in [0.15, 0.2) is 0 Å². The molecular formula is C25H27N3O2. The van der Waals surface area contributed by atoms with E-state index in [1.54, 1.807) is 7.11 Å². The van der Waals surface area contributed by atoms with Gasteiger partial charge < -0.3 is 15.4 Å². The molecule has 0 saturated heterocycles. The average Bonchev–Trinajstić information content (AvgIpc) is 2.74. The van der Waals surface area contributed by atoms with Crippen LogP contribution >= 0.6 is 0 Å². The summed E-state index contributed by atoms with van der Waals surface area (Å²) in [5, 5.41) is 6.00. The summed E-state index contributed by atoms with van der Waals surface area (Å²) < 4.78 is 5.37. The second-order valence-electron chi connectivity index (χ2n) is 7.94. The Hall–Kier alpha value is -3.34. The maximum absolute atomic E-state index is 12.5. The lowest BCUT2D eigenvalue weighted by Crippen LogP contribution is -2.46. The van der Waals surface area contributed by atoms with E-state index in [0.717, 1.165) is 41.1 Å². The minimum Gasteiger partial charge on any atom is -0.497 e. The van der Waals surface area contributed by atoms with Crippen LogP contribution in [0, 0.1) is 6.92 Å². The van der Waals surface area contributed by atoms with E-state index in [1.807, 2.05) is 61.7 Å². The summed E-state index contributed by atoms with van der Waals surface area (Å²) in [5.74, 6) is 0.854. The third-order valence-electron chi connectivity index (χ3n) is 5.95. The zero-order chi connectivity index (χ0) is 21.0. The van der Waals surface area contributed by atoms with Crippen LogP contribution in [0.4, 0.5) is 10.5 Å². The van der Waals surface area contributed by atoms with Crippen molar-refractivity contribution >= 4 is 11.7 Å². The number of aromatic nitrogens is 1. The summed E-state index contributed by atoms with van der Waals surface area (Å²) in [5.41, 5.74) is 5.18. The average molecular weight is 402 g/mol. The van der Waals surface area contributed by atoms with E-state index in [2.05, 4.69) is 27.8 Å². The fourth-order valence-corrected chi connectivity index (χ4v) is 4.02. The van der Waals surface area contributed by atoms with Crippen LogP contribution in [-0.4, -0.2) is 24.7 Å². The molecule has 1 aliphatic carbocycles. The first-order valence-electron chi connectivity index (χ1n) is 10.3. The predicted molar refractivity (Wildman–Crippen MR) is 120 cm³/mol. The molecule has 5 nitrogen and oxygen atoms in total. The maximum Gasteiger partial charge on any atom is 0.319 e. The van der Waals surface area contributed by atoms with Gasteiger partial charge in [0.2, 0.25) is 0 Å². The molecule has 3 aromatic rings. The largest absolute Gasteiger partial charge is 0.497 e. The molecule has 2 amide bonds. The highest BCUT2D eigenvalue weighted by molar-refractivity contribution is 5.89. The van der Waals surface area contributed by atoms with Crippen LogP contribution in [0.15, 0.2) is 66.9 Å². The first kappa shape index (κ1) is 20.0. The molecule has 2 aromatic carbocycles. The summed E-state index contributed by atoms with van der Waals surface area (Å²) in [6, 6.07) is 19.9. The monoisotopic (exact) mass is 401 g/mol. The predicted octanol–water partition coefficient (Wildman–Crippen LogP) is 5.31. The summed E-state index contributed by atoms with van der Waals surface area (Å²) in [6.45, 7) is 2.59. The van der Waals surface area contributed by atoms with Crippen molar-refractivity contribution in [3.63, 3.8) is 0 Å². The number of methoxy groups -OCH3 is 1. The third kappa shape index (κ3) is 4.30. The SMILES string of the molecule is COc1cccc(C2(CNC(=O)Nc3ccc(-c4ccnc(C)c4)cc3)CCC2)c1. The molecule has 0 unspecified atom stereocenters. The number of nitrogens with zero attached hydrogens (tertiary/aromatic N) is 1. The van der Waals surface area contributed by atoms with Crippen LogP contribution in [0.1, 0.15) is 30.5 Å². The van der Waals surface area contributed by atoms with Crippen molar-refractivity contribution in [1.29, 1.82) is 0 Å². The number of amides is 2. The van der Waals surface area contributed by atoms with Crippen LogP contribution in [0.25, 0.3) is 11.1 Å². The number of pyridine rings is 1. The molecule has 1 saturated carbocycles. The van der Waals surface area contributed by atoms with Gasteiger partial charge in [-0.15, -0.1) is 0 Å². The number of benzene rings is 2. The molecule has 1 aliphatic rings. The zero-order valence-corrected chi connectivity index (χ0v) is 17.4. The normalized spacial score (nSPS) is 14.5. The number of aryl methyl sites for hydroxylation is 1. The highest BCUT2D eigenvalue weighted by Gasteiger charge is 2.39. The van der Waals surface area contributed by atoms with Gasteiger partial charge in [0.1, 0.15) is 5.75 Å². The first-order valence-corrected chi connectivity index (χ1v) is 10.3. The lowest BCUT2D eigenvalue weighted by Gasteiger charge is -2.42. The second kappa shape index (κ2) is 8.57. The zero-order valence-electron chi connectivity index (χ0n) is 17.4. The van der Waals surface area contributed by atoms with Gasteiger partial charge in [-0.3, -0.25) is 4.98 Å². The fourth-order valence-electron chi connectivity index (χ4n) is 4.02. The smallest absolute Gasteiger partial charge is 0.319 e. The standard InChI is InChI=1S/C25H27N3O2/c1-18-15-20(11-14-26-18)19-7-9-22(10-8-19)28-24(29)27-17-25(12-4-13-25)21-5-3-6-23(16-21)30-2/h3,5-11,14-16H,4,12-13,17H2,1-2H3,(H2,27,28,29). The molecule has 1 aromatic heterocycles. The molecule has 0 aliphatic heterocycles. The summed E-state index contributed by atoms with van der Waals surface area (Å²) in [4.78, 5) is 16.7. The molecule has 0 bridgehead atoms. The number of nitrogens with one attached hydrogen (secondary N) is 2. The van der Waals surface area contributed by atoms with Crippen molar-refractivity contribution in [2.24, 2.45) is 0 Å². The van der Waals surface area contributed by atoms with E-state index in [1.165, 1.54) is 12.0 Å². The van der Waals surface area contributed by atoms with Crippen LogP contribution in [-0.2, 0) is 5.41 Å². The Kier molecular flexibility index (Phi) is 5.70. The van der Waals surface area contributed by atoms with Gasteiger partial charge in [-0.1, -0.05) is 30.7 Å². The minimum absolute atomic E-state index is 0.00502. The van der Waals surface area contributed by atoms with Gasteiger partial charge in [0.25, 0.3) is 0 Å². The van der Waals surface area contributed by atoms with E-state index < -0.39 is 0 Å². The Morgan fingerprint density at radius 2 is 1.87 bits per heavy atom. The van der Waals surface area contributed by atoms with Crippen molar-refractivity contribution in [2.45, 2.75) is 31.6 Å². The number of carbonyl (C=O) groups is 1. The van der Waals surface area contributed by atoms with E-state index in [-0.39, 0.29) is 11.4 Å². The number of hydrogen-bond donors (Lipinski definition) is 2. The van der Waals surface area contributed by atoms with E-state index >= 15 is 0 Å². The molecule has 154 valence electrons. The lowest BCUT2D eigenvalue weighted by atomic mass is 9.64.